The van der Waals surface area contributed by atoms with Crippen LogP contribution in [0.25, 0.3) is 17.5 Å². The first-order valence-corrected chi connectivity index (χ1v) is 9.56. The first kappa shape index (κ1) is 19.3. The molecule has 1 aliphatic heterocycles. The number of thiazole rings is 1. The molecule has 1 unspecified atom stereocenters. The van der Waals surface area contributed by atoms with Gasteiger partial charge in [-0.1, -0.05) is 36.4 Å². The molecule has 2 aromatic carbocycles. The van der Waals surface area contributed by atoms with Crippen molar-refractivity contribution in [2.24, 2.45) is 5.73 Å². The number of nitrogens with two attached hydrogens (primary N) is 1. The third kappa shape index (κ3) is 2.91. The monoisotopic (exact) mass is 418 g/mol. The number of nitrogens with zero attached hydrogens (tertiary/aromatic N) is 3. The molecule has 1 aliphatic rings. The number of rotatable bonds is 2. The van der Waals surface area contributed by atoms with E-state index >= 15 is 0 Å². The van der Waals surface area contributed by atoms with Gasteiger partial charge >= 0.3 is 0 Å². The van der Waals surface area contributed by atoms with Crippen LogP contribution in [0.4, 0.5) is 8.78 Å². The van der Waals surface area contributed by atoms with Crippen molar-refractivity contribution in [3.05, 3.63) is 96.4 Å². The molecule has 0 fully saturated rings. The van der Waals surface area contributed by atoms with Gasteiger partial charge in [0, 0.05) is 11.1 Å². The molecule has 0 spiro atoms. The van der Waals surface area contributed by atoms with Crippen LogP contribution in [0, 0.1) is 34.3 Å². The van der Waals surface area contributed by atoms with E-state index in [1.165, 1.54) is 42.5 Å². The molecular weight excluding hydrogens is 406 g/mol. The summed E-state index contributed by atoms with van der Waals surface area (Å²) in [5.41, 5.74) is 5.79. The number of halogens is 2. The number of hydrogen-bond donors (Lipinski definition) is 1. The molecular formula is C22H12F2N4OS. The van der Waals surface area contributed by atoms with E-state index in [0.717, 1.165) is 15.9 Å². The summed E-state index contributed by atoms with van der Waals surface area (Å²) in [7, 11) is 0. The number of benzene rings is 2. The summed E-state index contributed by atoms with van der Waals surface area (Å²) in [6, 6.07) is 15.6. The second kappa shape index (κ2) is 7.43. The SMILES string of the molecule is N#CC1=C(N)n2c(s/c(=C\c3ccccc3F)c2=O)=C(C#N)C1c1ccccc1F. The summed E-state index contributed by atoms with van der Waals surface area (Å²) < 4.78 is 29.9. The molecule has 0 saturated carbocycles. The van der Waals surface area contributed by atoms with Gasteiger partial charge < -0.3 is 5.73 Å². The minimum atomic E-state index is -1.04. The third-order valence-electron chi connectivity index (χ3n) is 4.80. The van der Waals surface area contributed by atoms with Gasteiger partial charge in [0.05, 0.1) is 33.7 Å². The number of hydrogen-bond acceptors (Lipinski definition) is 5. The molecule has 2 N–H and O–H groups in total. The Morgan fingerprint density at radius 1 is 1.00 bits per heavy atom. The molecule has 5 nitrogen and oxygen atoms in total. The minimum Gasteiger partial charge on any atom is -0.384 e. The van der Waals surface area contributed by atoms with Crippen LogP contribution in [0.2, 0.25) is 0 Å². The smallest absolute Gasteiger partial charge is 0.274 e. The highest BCUT2D eigenvalue weighted by Crippen LogP contribution is 2.36. The maximum Gasteiger partial charge on any atom is 0.274 e. The van der Waals surface area contributed by atoms with Crippen LogP contribution in [0.3, 0.4) is 0 Å². The van der Waals surface area contributed by atoms with Gasteiger partial charge in [0.15, 0.2) is 0 Å². The van der Waals surface area contributed by atoms with E-state index in [1.54, 1.807) is 12.1 Å². The van der Waals surface area contributed by atoms with Gasteiger partial charge in [-0.05, 0) is 18.2 Å². The fourth-order valence-electron chi connectivity index (χ4n) is 3.41. The molecule has 8 heteroatoms. The molecule has 146 valence electrons. The molecule has 0 saturated heterocycles. The zero-order valence-corrected chi connectivity index (χ0v) is 16.1. The predicted molar refractivity (Wildman–Crippen MR) is 109 cm³/mol. The van der Waals surface area contributed by atoms with Gasteiger partial charge in [-0.25, -0.2) is 8.78 Å². The van der Waals surface area contributed by atoms with Crippen LogP contribution >= 0.6 is 11.3 Å². The average Bonchev–Trinajstić information content (AvgIpc) is 3.06. The molecule has 30 heavy (non-hydrogen) atoms. The molecule has 0 amide bonds. The average molecular weight is 418 g/mol. The van der Waals surface area contributed by atoms with Crippen molar-refractivity contribution in [2.45, 2.75) is 5.92 Å². The zero-order valence-electron chi connectivity index (χ0n) is 15.3. The Kier molecular flexibility index (Phi) is 4.78. The largest absolute Gasteiger partial charge is 0.384 e. The molecule has 0 aliphatic carbocycles. The summed E-state index contributed by atoms with van der Waals surface area (Å²) >= 11 is 0.941. The van der Waals surface area contributed by atoms with E-state index in [4.69, 9.17) is 5.73 Å². The van der Waals surface area contributed by atoms with Crippen LogP contribution in [0.1, 0.15) is 17.0 Å². The van der Waals surface area contributed by atoms with E-state index < -0.39 is 23.1 Å². The van der Waals surface area contributed by atoms with Crippen molar-refractivity contribution in [3.63, 3.8) is 0 Å². The first-order chi connectivity index (χ1) is 14.5. The quantitative estimate of drug-likeness (QED) is 0.690. The van der Waals surface area contributed by atoms with Gasteiger partial charge in [-0.15, -0.1) is 11.3 Å². The molecule has 0 radical (unpaired) electrons. The highest BCUT2D eigenvalue weighted by atomic mass is 32.1. The molecule has 2 heterocycles. The van der Waals surface area contributed by atoms with Crippen molar-refractivity contribution >= 4 is 28.8 Å². The number of fused-ring (bicyclic) bond motifs is 1. The minimum absolute atomic E-state index is 0.0288. The summed E-state index contributed by atoms with van der Waals surface area (Å²) in [6.07, 6.45) is 1.36. The Morgan fingerprint density at radius 3 is 2.27 bits per heavy atom. The Balaban J connectivity index is 2.10. The maximum absolute atomic E-state index is 14.5. The number of aromatic nitrogens is 1. The molecule has 3 aromatic rings. The van der Waals surface area contributed by atoms with E-state index in [1.807, 2.05) is 12.1 Å². The zero-order chi connectivity index (χ0) is 21.4. The lowest BCUT2D eigenvalue weighted by Crippen LogP contribution is -2.38. The molecule has 1 aromatic heterocycles. The van der Waals surface area contributed by atoms with Crippen LogP contribution < -0.4 is 20.5 Å². The number of allylic oxidation sites excluding steroid dienone is 1. The van der Waals surface area contributed by atoms with Gasteiger partial charge in [-0.3, -0.25) is 9.36 Å². The Labute approximate surface area is 173 Å². The maximum atomic E-state index is 14.5. The summed E-state index contributed by atoms with van der Waals surface area (Å²) in [5.74, 6) is -2.32. The lowest BCUT2D eigenvalue weighted by molar-refractivity contribution is 0.609. The standard InChI is InChI=1S/C22H12F2N4OS/c23-16-7-3-1-5-12(16)9-18-21(29)28-20(27)14(10-25)19(15(11-26)22(28)30-18)13-6-2-4-8-17(13)24/h1-9,19H,27H2/b18-9-. The van der Waals surface area contributed by atoms with E-state index in [2.05, 4.69) is 0 Å². The molecule has 0 bridgehead atoms. The lowest BCUT2D eigenvalue weighted by Gasteiger charge is -2.22. The van der Waals surface area contributed by atoms with Gasteiger partial charge in [-0.2, -0.15) is 10.5 Å². The summed E-state index contributed by atoms with van der Waals surface area (Å²) in [4.78, 5) is 13.0. The van der Waals surface area contributed by atoms with Crippen molar-refractivity contribution in [1.82, 2.24) is 4.57 Å². The molecule has 4 rings (SSSR count). The molecule has 1 atom stereocenters. The van der Waals surface area contributed by atoms with E-state index in [0.29, 0.717) is 0 Å². The number of nitriles is 2. The van der Waals surface area contributed by atoms with Gasteiger partial charge in [0.25, 0.3) is 5.56 Å². The van der Waals surface area contributed by atoms with Crippen LogP contribution in [0.15, 0.2) is 58.9 Å². The van der Waals surface area contributed by atoms with Crippen LogP contribution in [0.5, 0.6) is 0 Å². The van der Waals surface area contributed by atoms with Crippen molar-refractivity contribution in [3.8, 4) is 12.1 Å². The Morgan fingerprint density at radius 2 is 1.63 bits per heavy atom. The van der Waals surface area contributed by atoms with Gasteiger partial charge in [0.1, 0.15) is 22.1 Å². The van der Waals surface area contributed by atoms with Crippen LogP contribution in [-0.2, 0) is 0 Å². The Bertz CT molecular complexity index is 1480. The summed E-state index contributed by atoms with van der Waals surface area (Å²) in [6.45, 7) is 0. The van der Waals surface area contributed by atoms with E-state index in [-0.39, 0.29) is 37.3 Å². The fraction of sp³-hybridized carbons (Fsp3) is 0.0455. The van der Waals surface area contributed by atoms with Crippen molar-refractivity contribution in [1.29, 1.82) is 10.5 Å². The summed E-state index contributed by atoms with van der Waals surface area (Å²) in [5, 5.41) is 19.5. The second-order valence-corrected chi connectivity index (χ2v) is 7.50. The topological polar surface area (TPSA) is 95.6 Å². The van der Waals surface area contributed by atoms with Crippen molar-refractivity contribution < 1.29 is 8.78 Å². The predicted octanol–water partition coefficient (Wildman–Crippen LogP) is 2.14. The van der Waals surface area contributed by atoms with E-state index in [9.17, 15) is 24.1 Å². The second-order valence-electron chi connectivity index (χ2n) is 6.47. The highest BCUT2D eigenvalue weighted by Gasteiger charge is 2.33. The first-order valence-electron chi connectivity index (χ1n) is 8.75. The third-order valence-corrected chi connectivity index (χ3v) is 5.91. The Hall–Kier alpha value is -4.01. The highest BCUT2D eigenvalue weighted by molar-refractivity contribution is 7.07. The van der Waals surface area contributed by atoms with Gasteiger partial charge in [0.2, 0.25) is 0 Å². The normalized spacial score (nSPS) is 16.2. The van der Waals surface area contributed by atoms with Crippen molar-refractivity contribution in [2.75, 3.05) is 0 Å². The fourth-order valence-corrected chi connectivity index (χ4v) is 4.52. The van der Waals surface area contributed by atoms with Crippen LogP contribution in [-0.4, -0.2) is 4.57 Å². The lowest BCUT2D eigenvalue weighted by atomic mass is 9.84.